The van der Waals surface area contributed by atoms with E-state index in [4.69, 9.17) is 19.3 Å². The van der Waals surface area contributed by atoms with Crippen molar-refractivity contribution in [2.45, 2.75) is 32.3 Å². The van der Waals surface area contributed by atoms with Gasteiger partial charge in [0.2, 0.25) is 0 Å². The highest BCUT2D eigenvalue weighted by atomic mass is 19.1. The Hall–Kier alpha value is -2.32. The maximum atomic E-state index is 14.6. The Kier molecular flexibility index (Phi) is 11.8. The highest BCUT2D eigenvalue weighted by Crippen LogP contribution is 2.12. The number of carboxylic acids is 1. The molecule has 0 aromatic heterocycles. The first-order valence-electron chi connectivity index (χ1n) is 10.5. The Balaban J connectivity index is 1.67. The summed E-state index contributed by atoms with van der Waals surface area (Å²) in [6.45, 7) is 4.08. The van der Waals surface area contributed by atoms with E-state index in [2.05, 4.69) is 4.90 Å². The molecule has 2 atom stereocenters. The molecular weight excluding hydrogens is 401 g/mol. The van der Waals surface area contributed by atoms with Gasteiger partial charge in [0, 0.05) is 19.6 Å². The van der Waals surface area contributed by atoms with E-state index in [0.717, 1.165) is 11.1 Å². The van der Waals surface area contributed by atoms with Crippen molar-refractivity contribution in [2.24, 2.45) is 0 Å². The smallest absolute Gasteiger partial charge is 0.332 e. The van der Waals surface area contributed by atoms with Crippen LogP contribution in [0.1, 0.15) is 18.1 Å². The van der Waals surface area contributed by atoms with Gasteiger partial charge in [-0.15, -0.1) is 0 Å². The van der Waals surface area contributed by atoms with Crippen molar-refractivity contribution >= 4 is 5.97 Å². The molecule has 170 valence electrons. The minimum atomic E-state index is -1.12. The second-order valence-electron chi connectivity index (χ2n) is 7.28. The van der Waals surface area contributed by atoms with Crippen LogP contribution < -0.4 is 0 Å². The first-order valence-corrected chi connectivity index (χ1v) is 10.5. The number of ether oxygens (including phenoxy) is 3. The summed E-state index contributed by atoms with van der Waals surface area (Å²) in [6.07, 6.45) is -1.98. The average molecular weight is 434 g/mol. The van der Waals surface area contributed by atoms with Gasteiger partial charge in [-0.25, -0.2) is 9.18 Å². The molecular formula is C24H32FNO5. The molecule has 2 unspecified atom stereocenters. The van der Waals surface area contributed by atoms with E-state index in [9.17, 15) is 9.18 Å². The second kappa shape index (κ2) is 14.6. The van der Waals surface area contributed by atoms with Gasteiger partial charge in [0.05, 0.1) is 33.0 Å². The minimum absolute atomic E-state index is 0.00398. The molecule has 0 amide bonds. The fourth-order valence-corrected chi connectivity index (χ4v) is 2.99. The number of benzene rings is 2. The van der Waals surface area contributed by atoms with Gasteiger partial charge < -0.3 is 19.3 Å². The van der Waals surface area contributed by atoms with E-state index in [1.165, 1.54) is 6.92 Å². The summed E-state index contributed by atoms with van der Waals surface area (Å²) in [6, 6.07) is 20.0. The second-order valence-corrected chi connectivity index (χ2v) is 7.28. The molecule has 2 aromatic rings. The molecule has 0 spiro atoms. The van der Waals surface area contributed by atoms with Crippen LogP contribution in [-0.2, 0) is 32.1 Å². The van der Waals surface area contributed by atoms with Gasteiger partial charge >= 0.3 is 5.97 Å². The van der Waals surface area contributed by atoms with E-state index >= 15 is 0 Å². The number of halogens is 1. The Morgan fingerprint density at radius 2 is 1.42 bits per heavy atom. The standard InChI is InChI=1S/C24H32FNO5/c1-20(24(27)28)31-15-14-29-12-13-30-19-23(25)18-26(16-21-8-4-2-5-9-21)17-22-10-6-3-7-11-22/h2-11,20,23H,12-19H2,1H3,(H,27,28). The molecule has 0 heterocycles. The molecule has 1 N–H and O–H groups in total. The molecule has 0 bridgehead atoms. The number of carbonyl (C=O) groups is 1. The largest absolute Gasteiger partial charge is 0.479 e. The molecule has 0 aliphatic carbocycles. The van der Waals surface area contributed by atoms with Crippen molar-refractivity contribution in [3.8, 4) is 0 Å². The molecule has 2 rings (SSSR count). The fraction of sp³-hybridized carbons (Fsp3) is 0.458. The highest BCUT2D eigenvalue weighted by molar-refractivity contribution is 5.71. The van der Waals surface area contributed by atoms with E-state index in [0.29, 0.717) is 19.7 Å². The zero-order valence-corrected chi connectivity index (χ0v) is 18.0. The van der Waals surface area contributed by atoms with Crippen LogP contribution in [0.4, 0.5) is 4.39 Å². The fourth-order valence-electron chi connectivity index (χ4n) is 2.99. The van der Waals surface area contributed by atoms with Crippen LogP contribution >= 0.6 is 0 Å². The van der Waals surface area contributed by atoms with Gasteiger partial charge in [-0.3, -0.25) is 4.90 Å². The minimum Gasteiger partial charge on any atom is -0.479 e. The van der Waals surface area contributed by atoms with Gasteiger partial charge in [-0.2, -0.15) is 0 Å². The summed E-state index contributed by atoms with van der Waals surface area (Å²) in [7, 11) is 0. The SMILES string of the molecule is CC(OCCOCCOCC(F)CN(Cc1ccccc1)Cc1ccccc1)C(=O)O. The third-order valence-electron chi connectivity index (χ3n) is 4.57. The maximum absolute atomic E-state index is 14.6. The summed E-state index contributed by atoms with van der Waals surface area (Å²) >= 11 is 0. The van der Waals surface area contributed by atoms with Crippen LogP contribution in [0.2, 0.25) is 0 Å². The molecule has 0 radical (unpaired) electrons. The Labute approximate surface area is 183 Å². The topological polar surface area (TPSA) is 68.2 Å². The van der Waals surface area contributed by atoms with Crippen LogP contribution in [0, 0.1) is 0 Å². The first-order chi connectivity index (χ1) is 15.0. The molecule has 0 aliphatic rings. The monoisotopic (exact) mass is 433 g/mol. The summed E-state index contributed by atoms with van der Waals surface area (Å²) in [5.41, 5.74) is 2.28. The van der Waals surface area contributed by atoms with Crippen LogP contribution in [0.3, 0.4) is 0 Å². The number of rotatable bonds is 16. The number of aliphatic carboxylic acids is 1. The van der Waals surface area contributed by atoms with Crippen LogP contribution in [0.25, 0.3) is 0 Å². The van der Waals surface area contributed by atoms with E-state index in [1.807, 2.05) is 60.7 Å². The third-order valence-corrected chi connectivity index (χ3v) is 4.57. The van der Waals surface area contributed by atoms with Gasteiger partial charge in [0.1, 0.15) is 6.17 Å². The maximum Gasteiger partial charge on any atom is 0.332 e. The number of carboxylic acid groups (broad SMARTS) is 1. The average Bonchev–Trinajstić information content (AvgIpc) is 2.76. The van der Waals surface area contributed by atoms with Crippen molar-refractivity contribution in [3.63, 3.8) is 0 Å². The quantitative estimate of drug-likeness (QED) is 0.409. The van der Waals surface area contributed by atoms with Crippen LogP contribution in [-0.4, -0.2) is 67.8 Å². The van der Waals surface area contributed by atoms with Gasteiger partial charge in [0.15, 0.2) is 6.10 Å². The summed E-state index contributed by atoms with van der Waals surface area (Å²) < 4.78 is 30.3. The molecule has 0 saturated heterocycles. The molecule has 6 nitrogen and oxygen atoms in total. The lowest BCUT2D eigenvalue weighted by atomic mass is 10.1. The molecule has 0 aliphatic heterocycles. The predicted molar refractivity (Wildman–Crippen MR) is 117 cm³/mol. The third kappa shape index (κ3) is 11.0. The van der Waals surface area contributed by atoms with Crippen molar-refractivity contribution in [3.05, 3.63) is 71.8 Å². The molecule has 0 fully saturated rings. The zero-order chi connectivity index (χ0) is 22.3. The highest BCUT2D eigenvalue weighted by Gasteiger charge is 2.15. The number of nitrogens with zero attached hydrogens (tertiary/aromatic N) is 1. The predicted octanol–water partition coefficient (Wildman–Crippen LogP) is 3.55. The Morgan fingerprint density at radius 1 is 0.903 bits per heavy atom. The lowest BCUT2D eigenvalue weighted by Crippen LogP contribution is -2.32. The Bertz CT molecular complexity index is 690. The van der Waals surface area contributed by atoms with E-state index in [1.54, 1.807) is 0 Å². The number of hydrogen-bond acceptors (Lipinski definition) is 5. The molecule has 2 aromatic carbocycles. The summed E-state index contributed by atoms with van der Waals surface area (Å²) in [5.74, 6) is -1.01. The van der Waals surface area contributed by atoms with E-state index in [-0.39, 0.29) is 33.0 Å². The normalized spacial score (nSPS) is 13.3. The lowest BCUT2D eigenvalue weighted by Gasteiger charge is -2.24. The van der Waals surface area contributed by atoms with Gasteiger partial charge in [-0.1, -0.05) is 60.7 Å². The van der Waals surface area contributed by atoms with Crippen molar-refractivity contribution in [1.29, 1.82) is 0 Å². The molecule has 31 heavy (non-hydrogen) atoms. The van der Waals surface area contributed by atoms with Gasteiger partial charge in [0.25, 0.3) is 0 Å². The van der Waals surface area contributed by atoms with Crippen molar-refractivity contribution in [1.82, 2.24) is 4.90 Å². The number of alkyl halides is 1. The Morgan fingerprint density at radius 3 is 1.97 bits per heavy atom. The van der Waals surface area contributed by atoms with Crippen molar-refractivity contribution in [2.75, 3.05) is 39.6 Å². The zero-order valence-electron chi connectivity index (χ0n) is 18.0. The van der Waals surface area contributed by atoms with E-state index < -0.39 is 18.2 Å². The number of hydrogen-bond donors (Lipinski definition) is 1. The lowest BCUT2D eigenvalue weighted by molar-refractivity contribution is -0.150. The van der Waals surface area contributed by atoms with Crippen molar-refractivity contribution < 1.29 is 28.5 Å². The summed E-state index contributed by atoms with van der Waals surface area (Å²) in [4.78, 5) is 12.7. The van der Waals surface area contributed by atoms with Crippen LogP contribution in [0.5, 0.6) is 0 Å². The summed E-state index contributed by atoms with van der Waals surface area (Å²) in [5, 5.41) is 8.71. The first kappa shape index (κ1) is 24.9. The van der Waals surface area contributed by atoms with Crippen LogP contribution in [0.15, 0.2) is 60.7 Å². The molecule has 7 heteroatoms. The van der Waals surface area contributed by atoms with Gasteiger partial charge in [-0.05, 0) is 18.1 Å². The molecule has 0 saturated carbocycles.